The molecular formula is C41H43N3O7S. The number of aromatic nitrogens is 1. The molecule has 4 atom stereocenters. The molecule has 4 heterocycles. The number of piperidine rings is 1. The number of ether oxygens (including phenoxy) is 4. The molecule has 0 saturated carbocycles. The van der Waals surface area contributed by atoms with Crippen molar-refractivity contribution >= 4 is 20.9 Å². The number of nitrogens with one attached hydrogen (secondary N) is 1. The Morgan fingerprint density at radius 1 is 0.769 bits per heavy atom. The Labute approximate surface area is 304 Å². The van der Waals surface area contributed by atoms with Gasteiger partial charge in [-0.2, -0.15) is 0 Å². The highest BCUT2D eigenvalue weighted by Gasteiger charge is 2.45. The third kappa shape index (κ3) is 7.41. The van der Waals surface area contributed by atoms with Crippen LogP contribution in [0.15, 0.2) is 120 Å². The SMILES string of the molecule is O=S(=O)(NCc1ccc(C2OC(CN3CCC4(CC3)OCCO4)C(c3ccccc3)C(c3ccc(CO)cc3)O2)cc1)c1cccc2cccnc12. The number of hydrogen-bond donors (Lipinski definition) is 2. The molecule has 3 saturated heterocycles. The summed E-state index contributed by atoms with van der Waals surface area (Å²) >= 11 is 0. The lowest BCUT2D eigenvalue weighted by Gasteiger charge is -2.46. The second-order valence-electron chi connectivity index (χ2n) is 13.7. The summed E-state index contributed by atoms with van der Waals surface area (Å²) in [6, 6.07) is 34.8. The lowest BCUT2D eigenvalue weighted by Crippen LogP contribution is -2.50. The number of nitrogens with zero attached hydrogens (tertiary/aromatic N) is 2. The van der Waals surface area contributed by atoms with E-state index in [-0.39, 0.29) is 36.2 Å². The predicted octanol–water partition coefficient (Wildman–Crippen LogP) is 5.98. The van der Waals surface area contributed by atoms with Crippen LogP contribution in [0.1, 0.15) is 59.0 Å². The van der Waals surface area contributed by atoms with E-state index in [2.05, 4.69) is 26.7 Å². The summed E-state index contributed by atoms with van der Waals surface area (Å²) in [5.74, 6) is -0.572. The Morgan fingerprint density at radius 3 is 2.19 bits per heavy atom. The fourth-order valence-electron chi connectivity index (χ4n) is 7.62. The number of aliphatic hydroxyl groups is 1. The maximum absolute atomic E-state index is 13.3. The first-order chi connectivity index (χ1) is 25.4. The van der Waals surface area contributed by atoms with Crippen LogP contribution < -0.4 is 4.72 Å². The zero-order chi connectivity index (χ0) is 35.5. The molecule has 3 fully saturated rings. The van der Waals surface area contributed by atoms with Crippen LogP contribution in [0.2, 0.25) is 0 Å². The molecular weight excluding hydrogens is 679 g/mol. The zero-order valence-electron chi connectivity index (χ0n) is 28.8. The number of aliphatic hydroxyl groups excluding tert-OH is 1. The molecule has 10 nitrogen and oxygen atoms in total. The van der Waals surface area contributed by atoms with Gasteiger partial charge in [0, 0.05) is 62.1 Å². The van der Waals surface area contributed by atoms with Crippen molar-refractivity contribution in [3.63, 3.8) is 0 Å². The number of hydrogen-bond acceptors (Lipinski definition) is 9. The van der Waals surface area contributed by atoms with Crippen molar-refractivity contribution in [1.29, 1.82) is 0 Å². The first kappa shape index (κ1) is 35.0. The second-order valence-corrected chi connectivity index (χ2v) is 15.4. The molecule has 8 rings (SSSR count). The molecule has 1 aromatic heterocycles. The van der Waals surface area contributed by atoms with Gasteiger partial charge in [0.25, 0.3) is 0 Å². The largest absolute Gasteiger partial charge is 0.392 e. The number of sulfonamides is 1. The van der Waals surface area contributed by atoms with Crippen LogP contribution in [0.5, 0.6) is 0 Å². The molecule has 0 amide bonds. The minimum absolute atomic E-state index is 0.0342. The maximum Gasteiger partial charge on any atom is 0.243 e. The number of fused-ring (bicyclic) bond motifs is 1. The van der Waals surface area contributed by atoms with E-state index in [1.165, 1.54) is 0 Å². The van der Waals surface area contributed by atoms with Crippen molar-refractivity contribution < 1.29 is 32.5 Å². The highest BCUT2D eigenvalue weighted by Crippen LogP contribution is 2.47. The minimum atomic E-state index is -3.82. The van der Waals surface area contributed by atoms with E-state index in [0.29, 0.717) is 25.3 Å². The van der Waals surface area contributed by atoms with Gasteiger partial charge in [-0.05, 0) is 34.4 Å². The topological polar surface area (TPSA) is 119 Å². The van der Waals surface area contributed by atoms with E-state index in [1.54, 1.807) is 24.4 Å². The minimum Gasteiger partial charge on any atom is -0.392 e. The van der Waals surface area contributed by atoms with Crippen molar-refractivity contribution in [1.82, 2.24) is 14.6 Å². The smallest absolute Gasteiger partial charge is 0.243 e. The van der Waals surface area contributed by atoms with E-state index in [9.17, 15) is 13.5 Å². The standard InChI is InChI=1S/C41H43N3O7S/c45-28-30-13-15-33(16-14-30)39-37(31-6-2-1-3-7-31)35(27-44-22-19-41(20-23-44)48-24-25-49-41)50-40(51-39)34-17-11-29(12-18-34)26-43-52(46,47)36-10-4-8-32-9-5-21-42-38(32)36/h1-18,21,35,37,39-40,43,45H,19-20,22-28H2. The molecule has 270 valence electrons. The molecule has 5 aromatic rings. The molecule has 2 N–H and O–H groups in total. The molecule has 1 spiro atoms. The first-order valence-corrected chi connectivity index (χ1v) is 19.4. The number of rotatable bonds is 10. The van der Waals surface area contributed by atoms with Crippen LogP contribution in [0.25, 0.3) is 10.9 Å². The summed E-state index contributed by atoms with van der Waals surface area (Å²) < 4.78 is 55.2. The zero-order valence-corrected chi connectivity index (χ0v) is 29.7. The molecule has 3 aliphatic rings. The van der Waals surface area contributed by atoms with Gasteiger partial charge in [0.05, 0.1) is 37.5 Å². The Bertz CT molecular complexity index is 2060. The number of para-hydroxylation sites is 1. The van der Waals surface area contributed by atoms with Crippen molar-refractivity contribution in [3.05, 3.63) is 143 Å². The summed E-state index contributed by atoms with van der Waals surface area (Å²) in [7, 11) is -3.82. The molecule has 52 heavy (non-hydrogen) atoms. The van der Waals surface area contributed by atoms with E-state index in [0.717, 1.165) is 59.1 Å². The molecule has 0 bridgehead atoms. The molecule has 0 aliphatic carbocycles. The van der Waals surface area contributed by atoms with Crippen LogP contribution in [-0.2, 0) is 42.1 Å². The summed E-state index contributed by atoms with van der Waals surface area (Å²) in [5.41, 5.74) is 5.04. The predicted molar refractivity (Wildman–Crippen MR) is 196 cm³/mol. The fraction of sp³-hybridized carbons (Fsp3) is 0.341. The quantitative estimate of drug-likeness (QED) is 0.180. The van der Waals surface area contributed by atoms with E-state index >= 15 is 0 Å². The van der Waals surface area contributed by atoms with Crippen molar-refractivity contribution in [2.75, 3.05) is 32.8 Å². The van der Waals surface area contributed by atoms with Gasteiger partial charge in [0.1, 0.15) is 4.90 Å². The molecule has 4 aromatic carbocycles. The van der Waals surface area contributed by atoms with Gasteiger partial charge in [0.2, 0.25) is 10.0 Å². The highest BCUT2D eigenvalue weighted by atomic mass is 32.2. The number of likely N-dealkylation sites (tertiary alicyclic amines) is 1. The third-order valence-corrected chi connectivity index (χ3v) is 11.9. The maximum atomic E-state index is 13.3. The third-order valence-electron chi connectivity index (χ3n) is 10.4. The van der Waals surface area contributed by atoms with Crippen LogP contribution in [0.3, 0.4) is 0 Å². The Kier molecular flexibility index (Phi) is 10.2. The molecule has 11 heteroatoms. The Morgan fingerprint density at radius 2 is 1.46 bits per heavy atom. The van der Waals surface area contributed by atoms with Crippen LogP contribution in [0.4, 0.5) is 0 Å². The van der Waals surface area contributed by atoms with Gasteiger partial charge in [-0.3, -0.25) is 4.98 Å². The summed E-state index contributed by atoms with van der Waals surface area (Å²) in [6.07, 6.45) is 1.99. The number of pyridine rings is 1. The van der Waals surface area contributed by atoms with E-state index in [1.807, 2.05) is 78.9 Å². The normalized spacial score (nSPS) is 23.6. The van der Waals surface area contributed by atoms with Gasteiger partial charge in [-0.15, -0.1) is 0 Å². The van der Waals surface area contributed by atoms with Gasteiger partial charge < -0.3 is 29.0 Å². The summed E-state index contributed by atoms with van der Waals surface area (Å²) in [5, 5.41) is 10.5. The first-order valence-electron chi connectivity index (χ1n) is 17.9. The second kappa shape index (κ2) is 15.1. The van der Waals surface area contributed by atoms with E-state index < -0.39 is 22.1 Å². The van der Waals surface area contributed by atoms with Gasteiger partial charge >= 0.3 is 0 Å². The highest BCUT2D eigenvalue weighted by molar-refractivity contribution is 7.89. The average molecular weight is 722 g/mol. The lowest BCUT2D eigenvalue weighted by atomic mass is 9.83. The van der Waals surface area contributed by atoms with Gasteiger partial charge in [-0.1, -0.05) is 97.1 Å². The Hall–Kier alpha value is -4.04. The van der Waals surface area contributed by atoms with Crippen molar-refractivity contribution in [2.24, 2.45) is 0 Å². The fourth-order valence-corrected chi connectivity index (χ4v) is 8.82. The van der Waals surface area contributed by atoms with Crippen LogP contribution in [-0.4, -0.2) is 68.1 Å². The van der Waals surface area contributed by atoms with Crippen LogP contribution in [0, 0.1) is 0 Å². The molecule has 4 unspecified atom stereocenters. The summed E-state index contributed by atoms with van der Waals surface area (Å²) in [6.45, 7) is 3.73. The Balaban J connectivity index is 1.05. The average Bonchev–Trinajstić information content (AvgIpc) is 3.66. The van der Waals surface area contributed by atoms with Gasteiger partial charge in [0.15, 0.2) is 12.1 Å². The van der Waals surface area contributed by atoms with Crippen molar-refractivity contribution in [3.8, 4) is 0 Å². The van der Waals surface area contributed by atoms with Crippen LogP contribution >= 0.6 is 0 Å². The van der Waals surface area contributed by atoms with Crippen molar-refractivity contribution in [2.45, 2.75) is 61.1 Å². The lowest BCUT2D eigenvalue weighted by molar-refractivity contribution is -0.265. The van der Waals surface area contributed by atoms with E-state index in [4.69, 9.17) is 18.9 Å². The summed E-state index contributed by atoms with van der Waals surface area (Å²) in [4.78, 5) is 6.90. The molecule has 0 radical (unpaired) electrons. The van der Waals surface area contributed by atoms with Gasteiger partial charge in [-0.25, -0.2) is 13.1 Å². The monoisotopic (exact) mass is 721 g/mol. The number of benzene rings is 4. The molecule has 3 aliphatic heterocycles.